The van der Waals surface area contributed by atoms with Gasteiger partial charge in [0.2, 0.25) is 10.0 Å². The van der Waals surface area contributed by atoms with Crippen molar-refractivity contribution in [3.63, 3.8) is 0 Å². The van der Waals surface area contributed by atoms with Crippen molar-refractivity contribution in [1.82, 2.24) is 9.62 Å². The van der Waals surface area contributed by atoms with Gasteiger partial charge in [0.25, 0.3) is 0 Å². The number of nitrogens with zero attached hydrogens (tertiary/aromatic N) is 1. The van der Waals surface area contributed by atoms with Gasteiger partial charge in [-0.05, 0) is 31.9 Å². The number of ether oxygens (including phenoxy) is 1. The fraction of sp³-hybridized carbons (Fsp3) is 0.625. The average molecular weight is 344 g/mol. The molecule has 0 amide bonds. The second kappa shape index (κ2) is 8.08. The second-order valence-electron chi connectivity index (χ2n) is 5.79. The Morgan fingerprint density at radius 1 is 1.43 bits per heavy atom. The molecule has 0 aliphatic carbocycles. The van der Waals surface area contributed by atoms with Gasteiger partial charge in [0, 0.05) is 30.8 Å². The van der Waals surface area contributed by atoms with Gasteiger partial charge < -0.3 is 10.1 Å². The molecule has 0 saturated carbocycles. The summed E-state index contributed by atoms with van der Waals surface area (Å²) in [6, 6.07) is 4.76. The number of benzene rings is 1. The van der Waals surface area contributed by atoms with E-state index in [0.717, 1.165) is 24.8 Å². The minimum absolute atomic E-state index is 0.112. The lowest BCUT2D eigenvalue weighted by atomic mass is 10.0. The lowest BCUT2D eigenvalue weighted by Crippen LogP contribution is -2.33. The molecule has 0 unspecified atom stereocenters. The van der Waals surface area contributed by atoms with Crippen LogP contribution in [0.2, 0.25) is 0 Å². The van der Waals surface area contributed by atoms with Crippen LogP contribution in [0, 0.1) is 5.82 Å². The molecule has 0 saturated heterocycles. The van der Waals surface area contributed by atoms with Crippen LogP contribution in [0.25, 0.3) is 0 Å². The minimum atomic E-state index is -3.14. The Bertz CT molecular complexity index is 622. The van der Waals surface area contributed by atoms with Crippen molar-refractivity contribution in [2.45, 2.75) is 32.2 Å². The zero-order chi connectivity index (χ0) is 16.9. The fourth-order valence-corrected chi connectivity index (χ4v) is 3.78. The predicted molar refractivity (Wildman–Crippen MR) is 88.6 cm³/mol. The maximum absolute atomic E-state index is 13.3. The van der Waals surface area contributed by atoms with Gasteiger partial charge in [0.05, 0.1) is 12.9 Å². The smallest absolute Gasteiger partial charge is 0.211 e. The normalized spacial score (nSPS) is 18.3. The lowest BCUT2D eigenvalue weighted by molar-refractivity contribution is 0.313. The minimum Gasteiger partial charge on any atom is -0.493 e. The van der Waals surface area contributed by atoms with Crippen LogP contribution >= 0.6 is 0 Å². The Labute approximate surface area is 137 Å². The van der Waals surface area contributed by atoms with E-state index in [0.29, 0.717) is 32.0 Å². The SMILES string of the molecule is CCN(CCCN[C@H]1CCCOc2cc(F)ccc21)S(C)(=O)=O. The molecular formula is C16H25FN2O3S. The molecule has 23 heavy (non-hydrogen) atoms. The van der Waals surface area contributed by atoms with Crippen molar-refractivity contribution in [3.05, 3.63) is 29.6 Å². The van der Waals surface area contributed by atoms with E-state index in [2.05, 4.69) is 5.32 Å². The quantitative estimate of drug-likeness (QED) is 0.771. The third kappa shape index (κ3) is 5.16. The third-order valence-corrected chi connectivity index (χ3v) is 5.42. The van der Waals surface area contributed by atoms with Crippen LogP contribution in [0.4, 0.5) is 4.39 Å². The summed E-state index contributed by atoms with van der Waals surface area (Å²) in [5.41, 5.74) is 0.972. The standard InChI is InChI=1S/C16H25FN2O3S/c1-3-19(23(2,20)21)10-5-9-18-15-6-4-11-22-16-12-13(17)7-8-14(15)16/h7-8,12,15,18H,3-6,9-11H2,1-2H3/t15-/m0/s1. The van der Waals surface area contributed by atoms with Crippen LogP contribution in [-0.2, 0) is 10.0 Å². The molecule has 2 rings (SSSR count). The maximum Gasteiger partial charge on any atom is 0.211 e. The van der Waals surface area contributed by atoms with Gasteiger partial charge >= 0.3 is 0 Å². The van der Waals surface area contributed by atoms with Crippen molar-refractivity contribution < 1.29 is 17.5 Å². The van der Waals surface area contributed by atoms with Gasteiger partial charge in [0.1, 0.15) is 11.6 Å². The van der Waals surface area contributed by atoms with E-state index in [1.165, 1.54) is 22.7 Å². The zero-order valence-corrected chi connectivity index (χ0v) is 14.5. The highest BCUT2D eigenvalue weighted by Crippen LogP contribution is 2.31. The number of sulfonamides is 1. The molecule has 0 aromatic heterocycles. The number of halogens is 1. The molecule has 130 valence electrons. The molecule has 0 spiro atoms. The predicted octanol–water partition coefficient (Wildman–Crippen LogP) is 2.30. The Hall–Kier alpha value is -1.18. The lowest BCUT2D eigenvalue weighted by Gasteiger charge is -2.21. The van der Waals surface area contributed by atoms with E-state index in [1.54, 1.807) is 6.07 Å². The van der Waals surface area contributed by atoms with Crippen molar-refractivity contribution in [2.24, 2.45) is 0 Å². The summed E-state index contributed by atoms with van der Waals surface area (Å²) in [5.74, 6) is 0.308. The van der Waals surface area contributed by atoms with Crippen LogP contribution in [0.15, 0.2) is 18.2 Å². The monoisotopic (exact) mass is 344 g/mol. The molecule has 1 N–H and O–H groups in total. The van der Waals surface area contributed by atoms with Crippen LogP contribution in [0.5, 0.6) is 5.75 Å². The molecule has 5 nitrogen and oxygen atoms in total. The fourth-order valence-electron chi connectivity index (χ4n) is 2.85. The number of rotatable bonds is 7. The van der Waals surface area contributed by atoms with Gasteiger partial charge in [-0.15, -0.1) is 0 Å². The first kappa shape index (κ1) is 18.2. The molecule has 1 aliphatic heterocycles. The Morgan fingerprint density at radius 2 is 2.22 bits per heavy atom. The summed E-state index contributed by atoms with van der Waals surface area (Å²) in [5, 5.41) is 3.44. The molecule has 7 heteroatoms. The first-order valence-electron chi connectivity index (χ1n) is 8.02. The van der Waals surface area contributed by atoms with Crippen molar-refractivity contribution >= 4 is 10.0 Å². The molecule has 1 aliphatic rings. The molecule has 0 bridgehead atoms. The summed E-state index contributed by atoms with van der Waals surface area (Å²) in [4.78, 5) is 0. The Kier molecular flexibility index (Phi) is 6.38. The zero-order valence-electron chi connectivity index (χ0n) is 13.7. The van der Waals surface area contributed by atoms with Crippen LogP contribution in [0.1, 0.15) is 37.8 Å². The summed E-state index contributed by atoms with van der Waals surface area (Å²) >= 11 is 0. The topological polar surface area (TPSA) is 58.6 Å². The summed E-state index contributed by atoms with van der Waals surface area (Å²) in [7, 11) is -3.14. The summed E-state index contributed by atoms with van der Waals surface area (Å²) < 4.78 is 43.5. The van der Waals surface area contributed by atoms with Crippen LogP contribution in [0.3, 0.4) is 0 Å². The van der Waals surface area contributed by atoms with Crippen molar-refractivity contribution in [3.8, 4) is 5.75 Å². The van der Waals surface area contributed by atoms with E-state index in [-0.39, 0.29) is 11.9 Å². The van der Waals surface area contributed by atoms with Gasteiger partial charge in [-0.2, -0.15) is 0 Å². The Balaban J connectivity index is 1.91. The molecule has 0 fully saturated rings. The average Bonchev–Trinajstić information content (AvgIpc) is 2.67. The second-order valence-corrected chi connectivity index (χ2v) is 7.77. The highest BCUT2D eigenvalue weighted by atomic mass is 32.2. The van der Waals surface area contributed by atoms with Gasteiger partial charge in [0.15, 0.2) is 0 Å². The van der Waals surface area contributed by atoms with Crippen molar-refractivity contribution in [2.75, 3.05) is 32.5 Å². The Morgan fingerprint density at radius 3 is 2.91 bits per heavy atom. The maximum atomic E-state index is 13.3. The third-order valence-electron chi connectivity index (χ3n) is 4.04. The number of fused-ring (bicyclic) bond motifs is 1. The molecule has 1 aromatic rings. The van der Waals surface area contributed by atoms with Crippen molar-refractivity contribution in [1.29, 1.82) is 0 Å². The number of hydrogen-bond acceptors (Lipinski definition) is 4. The highest BCUT2D eigenvalue weighted by molar-refractivity contribution is 7.88. The highest BCUT2D eigenvalue weighted by Gasteiger charge is 2.20. The molecular weight excluding hydrogens is 319 g/mol. The summed E-state index contributed by atoms with van der Waals surface area (Å²) in [6.45, 7) is 4.11. The molecule has 0 radical (unpaired) electrons. The van der Waals surface area contributed by atoms with Gasteiger partial charge in [-0.3, -0.25) is 0 Å². The largest absolute Gasteiger partial charge is 0.493 e. The van der Waals surface area contributed by atoms with Gasteiger partial charge in [-0.25, -0.2) is 17.1 Å². The number of hydrogen-bond donors (Lipinski definition) is 1. The first-order chi connectivity index (χ1) is 10.9. The molecule has 1 atom stereocenters. The molecule has 1 heterocycles. The van der Waals surface area contributed by atoms with E-state index >= 15 is 0 Å². The van der Waals surface area contributed by atoms with E-state index in [4.69, 9.17) is 4.74 Å². The van der Waals surface area contributed by atoms with E-state index in [1.807, 2.05) is 6.92 Å². The molecule has 1 aromatic carbocycles. The first-order valence-corrected chi connectivity index (χ1v) is 9.87. The summed E-state index contributed by atoms with van der Waals surface area (Å²) in [6.07, 6.45) is 3.78. The van der Waals surface area contributed by atoms with E-state index in [9.17, 15) is 12.8 Å². The van der Waals surface area contributed by atoms with Crippen LogP contribution < -0.4 is 10.1 Å². The van der Waals surface area contributed by atoms with E-state index < -0.39 is 10.0 Å². The van der Waals surface area contributed by atoms with Crippen LogP contribution in [-0.4, -0.2) is 45.2 Å². The van der Waals surface area contributed by atoms with Gasteiger partial charge in [-0.1, -0.05) is 13.0 Å². The number of nitrogens with one attached hydrogen (secondary N) is 1.